The van der Waals surface area contributed by atoms with Gasteiger partial charge in [-0.3, -0.25) is 0 Å². The Morgan fingerprint density at radius 1 is 1.46 bits per heavy atom. The fourth-order valence-electron chi connectivity index (χ4n) is 1.22. The second kappa shape index (κ2) is 3.68. The van der Waals surface area contributed by atoms with Crippen molar-refractivity contribution < 1.29 is 5.11 Å². The highest BCUT2D eigenvalue weighted by Crippen LogP contribution is 2.34. The lowest BCUT2D eigenvalue weighted by Gasteiger charge is -2.10. The smallest absolute Gasteiger partial charge is 0.120 e. The molecule has 0 saturated heterocycles. The first-order chi connectivity index (χ1) is 6.07. The summed E-state index contributed by atoms with van der Waals surface area (Å²) >= 11 is 5.93. The van der Waals surface area contributed by atoms with Crippen LogP contribution < -0.4 is 0 Å². The molecular weight excluding hydrogens is 186 g/mol. The minimum Gasteiger partial charge on any atom is -0.508 e. The Balaban J connectivity index is 3.41. The molecule has 1 aromatic rings. The Labute approximate surface area is 82.4 Å². The minimum absolute atomic E-state index is 0.112. The van der Waals surface area contributed by atoms with Crippen LogP contribution in [0.25, 0.3) is 0 Å². The van der Waals surface area contributed by atoms with Gasteiger partial charge in [-0.05, 0) is 18.1 Å². The molecule has 2 nitrogen and oxygen atoms in total. The molecule has 0 spiro atoms. The molecule has 0 fully saturated rings. The summed E-state index contributed by atoms with van der Waals surface area (Å²) in [6.45, 7) is 3.84. The normalized spacial score (nSPS) is 10.1. The number of phenols is 1. The zero-order valence-electron chi connectivity index (χ0n) is 7.50. The summed E-state index contributed by atoms with van der Waals surface area (Å²) in [7, 11) is 0. The van der Waals surface area contributed by atoms with E-state index in [2.05, 4.69) is 0 Å². The zero-order chi connectivity index (χ0) is 10.0. The van der Waals surface area contributed by atoms with Crippen LogP contribution >= 0.6 is 11.6 Å². The van der Waals surface area contributed by atoms with Crippen molar-refractivity contribution >= 4 is 11.6 Å². The number of benzene rings is 1. The van der Waals surface area contributed by atoms with Crippen LogP contribution in [0.1, 0.15) is 30.9 Å². The van der Waals surface area contributed by atoms with Crippen LogP contribution in [0.4, 0.5) is 0 Å². The predicted octanol–water partition coefficient (Wildman–Crippen LogP) is 3.04. The Bertz CT molecular complexity index is 366. The van der Waals surface area contributed by atoms with Gasteiger partial charge in [0.05, 0.1) is 10.6 Å². The standard InChI is InChI=1S/C10H10ClNO/c1-6(2)9-8(13)4-3-7(5-12)10(9)11/h3-4,6,13H,1-2H3. The number of rotatable bonds is 1. The van der Waals surface area contributed by atoms with Crippen molar-refractivity contribution in [1.29, 1.82) is 5.26 Å². The molecule has 1 N–H and O–H groups in total. The van der Waals surface area contributed by atoms with Crippen molar-refractivity contribution in [3.05, 3.63) is 28.3 Å². The first-order valence-corrected chi connectivity index (χ1v) is 4.37. The third-order valence-corrected chi connectivity index (χ3v) is 2.26. The van der Waals surface area contributed by atoms with Crippen LogP contribution in [-0.2, 0) is 0 Å². The molecule has 0 heterocycles. The van der Waals surface area contributed by atoms with E-state index < -0.39 is 0 Å². The van der Waals surface area contributed by atoms with Crippen LogP contribution in [-0.4, -0.2) is 5.11 Å². The Morgan fingerprint density at radius 2 is 2.08 bits per heavy atom. The van der Waals surface area contributed by atoms with Gasteiger partial charge in [0.1, 0.15) is 11.8 Å². The molecule has 0 aliphatic heterocycles. The maximum absolute atomic E-state index is 9.49. The van der Waals surface area contributed by atoms with Gasteiger partial charge in [-0.15, -0.1) is 0 Å². The Kier molecular flexibility index (Phi) is 2.79. The summed E-state index contributed by atoms with van der Waals surface area (Å²) in [5.41, 5.74) is 1.05. The molecule has 68 valence electrons. The molecule has 0 aliphatic rings. The molecule has 0 aromatic heterocycles. The number of halogens is 1. The topological polar surface area (TPSA) is 44.0 Å². The third kappa shape index (κ3) is 1.76. The van der Waals surface area contributed by atoms with Crippen LogP contribution in [0, 0.1) is 11.3 Å². The highest BCUT2D eigenvalue weighted by molar-refractivity contribution is 6.32. The highest BCUT2D eigenvalue weighted by atomic mass is 35.5. The van der Waals surface area contributed by atoms with Gasteiger partial charge < -0.3 is 5.11 Å². The van der Waals surface area contributed by atoms with E-state index in [-0.39, 0.29) is 11.7 Å². The summed E-state index contributed by atoms with van der Waals surface area (Å²) < 4.78 is 0. The fraction of sp³-hybridized carbons (Fsp3) is 0.300. The Morgan fingerprint density at radius 3 is 2.54 bits per heavy atom. The SMILES string of the molecule is CC(C)c1c(O)ccc(C#N)c1Cl. The number of nitrogens with zero attached hydrogens (tertiary/aromatic N) is 1. The summed E-state index contributed by atoms with van der Waals surface area (Å²) in [5.74, 6) is 0.264. The van der Waals surface area contributed by atoms with Gasteiger partial charge in [-0.1, -0.05) is 25.4 Å². The van der Waals surface area contributed by atoms with Gasteiger partial charge in [-0.2, -0.15) is 5.26 Å². The molecule has 1 rings (SSSR count). The molecule has 13 heavy (non-hydrogen) atoms. The Hall–Kier alpha value is -1.20. The van der Waals surface area contributed by atoms with Gasteiger partial charge >= 0.3 is 0 Å². The van der Waals surface area contributed by atoms with E-state index >= 15 is 0 Å². The lowest BCUT2D eigenvalue weighted by molar-refractivity contribution is 0.465. The van der Waals surface area contributed by atoms with Crippen LogP contribution in [0.15, 0.2) is 12.1 Å². The predicted molar refractivity (Wildman–Crippen MR) is 51.9 cm³/mol. The molecule has 1 aromatic carbocycles. The van der Waals surface area contributed by atoms with E-state index in [4.69, 9.17) is 16.9 Å². The summed E-state index contributed by atoms with van der Waals surface area (Å²) in [5, 5.41) is 18.5. The van der Waals surface area contributed by atoms with Gasteiger partial charge in [0, 0.05) is 5.56 Å². The van der Waals surface area contributed by atoms with E-state index in [0.29, 0.717) is 16.1 Å². The van der Waals surface area contributed by atoms with Crippen molar-refractivity contribution in [2.45, 2.75) is 19.8 Å². The van der Waals surface area contributed by atoms with Gasteiger partial charge in [0.2, 0.25) is 0 Å². The number of hydrogen-bond donors (Lipinski definition) is 1. The monoisotopic (exact) mass is 195 g/mol. The maximum Gasteiger partial charge on any atom is 0.120 e. The second-order valence-electron chi connectivity index (χ2n) is 3.13. The van der Waals surface area contributed by atoms with Crippen LogP contribution in [0.2, 0.25) is 5.02 Å². The van der Waals surface area contributed by atoms with Crippen LogP contribution in [0.3, 0.4) is 0 Å². The molecule has 3 heteroatoms. The van der Waals surface area contributed by atoms with Crippen molar-refractivity contribution in [1.82, 2.24) is 0 Å². The summed E-state index contributed by atoms with van der Waals surface area (Å²) in [4.78, 5) is 0. The number of nitriles is 1. The van der Waals surface area contributed by atoms with E-state index in [9.17, 15) is 5.11 Å². The van der Waals surface area contributed by atoms with E-state index in [1.54, 1.807) is 0 Å². The van der Waals surface area contributed by atoms with E-state index in [1.807, 2.05) is 19.9 Å². The maximum atomic E-state index is 9.49. The minimum atomic E-state index is 0.112. The van der Waals surface area contributed by atoms with Crippen molar-refractivity contribution in [3.8, 4) is 11.8 Å². The zero-order valence-corrected chi connectivity index (χ0v) is 8.26. The first kappa shape index (κ1) is 9.88. The van der Waals surface area contributed by atoms with E-state index in [1.165, 1.54) is 12.1 Å². The molecule has 0 atom stereocenters. The summed E-state index contributed by atoms with van der Waals surface area (Å²) in [6, 6.07) is 4.99. The third-order valence-electron chi connectivity index (χ3n) is 1.85. The van der Waals surface area contributed by atoms with Crippen LogP contribution in [0.5, 0.6) is 5.75 Å². The van der Waals surface area contributed by atoms with Gasteiger partial charge in [-0.25, -0.2) is 0 Å². The average molecular weight is 196 g/mol. The molecular formula is C10H10ClNO. The molecule has 0 unspecified atom stereocenters. The van der Waals surface area contributed by atoms with Crippen molar-refractivity contribution in [3.63, 3.8) is 0 Å². The lowest BCUT2D eigenvalue weighted by Crippen LogP contribution is -1.92. The first-order valence-electron chi connectivity index (χ1n) is 3.99. The van der Waals surface area contributed by atoms with Gasteiger partial charge in [0.25, 0.3) is 0 Å². The lowest BCUT2D eigenvalue weighted by atomic mass is 10.00. The molecule has 0 amide bonds. The summed E-state index contributed by atoms with van der Waals surface area (Å²) in [6.07, 6.45) is 0. The number of aromatic hydroxyl groups is 1. The number of phenolic OH excluding ortho intramolecular Hbond substituents is 1. The van der Waals surface area contributed by atoms with Crippen molar-refractivity contribution in [2.24, 2.45) is 0 Å². The fourth-order valence-corrected chi connectivity index (χ4v) is 1.64. The molecule has 0 radical (unpaired) electrons. The van der Waals surface area contributed by atoms with E-state index in [0.717, 1.165) is 0 Å². The molecule has 0 saturated carbocycles. The largest absolute Gasteiger partial charge is 0.508 e. The quantitative estimate of drug-likeness (QED) is 0.749. The average Bonchev–Trinajstić information content (AvgIpc) is 2.04. The highest BCUT2D eigenvalue weighted by Gasteiger charge is 2.13. The van der Waals surface area contributed by atoms with Gasteiger partial charge in [0.15, 0.2) is 0 Å². The molecule has 0 aliphatic carbocycles. The second-order valence-corrected chi connectivity index (χ2v) is 3.50. The molecule has 0 bridgehead atoms. The van der Waals surface area contributed by atoms with Crippen molar-refractivity contribution in [2.75, 3.05) is 0 Å². The number of hydrogen-bond acceptors (Lipinski definition) is 2.